The summed E-state index contributed by atoms with van der Waals surface area (Å²) in [5, 5.41) is 17.9. The number of fused-ring (bicyclic) bond motifs is 1. The second kappa shape index (κ2) is 6.47. The molecule has 1 aliphatic carbocycles. The number of Topliss-reactive ketones (excluding diaryl/α,β-unsaturated/α-hetero) is 1. The number of carbonyl (C=O) groups excluding carboxylic acids is 1. The van der Waals surface area contributed by atoms with Crippen LogP contribution in [0.4, 0.5) is 11.4 Å². The number of phenols is 1. The number of ketones is 1. The smallest absolute Gasteiger partial charge is 0.163 e. The van der Waals surface area contributed by atoms with Gasteiger partial charge in [-0.25, -0.2) is 0 Å². The molecule has 0 fully saturated rings. The zero-order valence-electron chi connectivity index (χ0n) is 15.1. The average Bonchev–Trinajstić information content (AvgIpc) is 2.74. The maximum atomic E-state index is 13.1. The third-order valence-corrected chi connectivity index (χ3v) is 5.95. The fourth-order valence-electron chi connectivity index (χ4n) is 3.93. The lowest BCUT2D eigenvalue weighted by Gasteiger charge is -2.34. The minimum Gasteiger partial charge on any atom is -0.506 e. The summed E-state index contributed by atoms with van der Waals surface area (Å²) >= 11 is 12.7. The minimum atomic E-state index is -0.453. The zero-order chi connectivity index (χ0) is 19.3. The Labute approximate surface area is 168 Å². The Morgan fingerprint density at radius 3 is 2.63 bits per heavy atom. The molecule has 6 heteroatoms. The van der Waals surface area contributed by atoms with Crippen molar-refractivity contribution in [3.05, 3.63) is 63.3 Å². The molecule has 27 heavy (non-hydrogen) atoms. The summed E-state index contributed by atoms with van der Waals surface area (Å²) in [5.41, 5.74) is 3.30. The second-order valence-electron chi connectivity index (χ2n) is 7.88. The number of allylic oxidation sites excluding steroid dienone is 1. The lowest BCUT2D eigenvalue weighted by molar-refractivity contribution is -0.118. The molecule has 0 amide bonds. The van der Waals surface area contributed by atoms with E-state index in [2.05, 4.69) is 24.5 Å². The zero-order valence-corrected chi connectivity index (χ0v) is 16.6. The Bertz CT molecular complexity index is 982. The molecule has 140 valence electrons. The number of aromatic hydroxyl groups is 1. The average molecular weight is 403 g/mol. The van der Waals surface area contributed by atoms with Crippen molar-refractivity contribution in [2.24, 2.45) is 5.41 Å². The first-order valence-corrected chi connectivity index (χ1v) is 9.58. The van der Waals surface area contributed by atoms with Gasteiger partial charge in [-0.15, -0.1) is 0 Å². The van der Waals surface area contributed by atoms with E-state index in [1.807, 2.05) is 18.2 Å². The van der Waals surface area contributed by atoms with Crippen LogP contribution in [0.1, 0.15) is 38.3 Å². The van der Waals surface area contributed by atoms with Crippen LogP contribution in [0.2, 0.25) is 10.0 Å². The number of anilines is 2. The van der Waals surface area contributed by atoms with E-state index in [1.54, 1.807) is 18.2 Å². The van der Waals surface area contributed by atoms with Crippen molar-refractivity contribution in [1.82, 2.24) is 0 Å². The van der Waals surface area contributed by atoms with Crippen molar-refractivity contribution in [3.63, 3.8) is 0 Å². The summed E-state index contributed by atoms with van der Waals surface area (Å²) in [6, 6.07) is 10.2. The molecule has 0 bridgehead atoms. The number of nitrogens with one attached hydrogen (secondary N) is 2. The first-order chi connectivity index (χ1) is 12.8. The van der Waals surface area contributed by atoms with Gasteiger partial charge in [-0.3, -0.25) is 4.79 Å². The van der Waals surface area contributed by atoms with Gasteiger partial charge < -0.3 is 15.7 Å². The Kier molecular flexibility index (Phi) is 4.36. The molecule has 0 saturated heterocycles. The number of hydrogen-bond donors (Lipinski definition) is 3. The fraction of sp³-hybridized carbons (Fsp3) is 0.286. The van der Waals surface area contributed by atoms with Gasteiger partial charge in [0.15, 0.2) is 5.78 Å². The van der Waals surface area contributed by atoms with Gasteiger partial charge in [0.05, 0.1) is 21.8 Å². The van der Waals surface area contributed by atoms with Crippen LogP contribution in [-0.4, -0.2) is 10.9 Å². The van der Waals surface area contributed by atoms with Gasteiger partial charge in [0.25, 0.3) is 0 Å². The summed E-state index contributed by atoms with van der Waals surface area (Å²) < 4.78 is 0. The van der Waals surface area contributed by atoms with E-state index in [0.29, 0.717) is 39.8 Å². The molecule has 0 saturated carbocycles. The highest BCUT2D eigenvalue weighted by atomic mass is 35.5. The molecule has 1 unspecified atom stereocenters. The third-order valence-electron chi connectivity index (χ3n) is 5.12. The topological polar surface area (TPSA) is 61.4 Å². The predicted molar refractivity (Wildman–Crippen MR) is 110 cm³/mol. The van der Waals surface area contributed by atoms with Crippen LogP contribution in [-0.2, 0) is 4.79 Å². The molecule has 1 atom stereocenters. The van der Waals surface area contributed by atoms with Gasteiger partial charge in [-0.1, -0.05) is 55.2 Å². The molecular formula is C21H20Cl2N2O2. The third kappa shape index (κ3) is 3.17. The molecule has 4 rings (SSSR count). The highest BCUT2D eigenvalue weighted by Crippen LogP contribution is 2.48. The minimum absolute atomic E-state index is 0.0644. The number of hydrogen-bond acceptors (Lipinski definition) is 4. The van der Waals surface area contributed by atoms with Crippen molar-refractivity contribution in [2.45, 2.75) is 32.7 Å². The lowest BCUT2D eigenvalue weighted by Crippen LogP contribution is -2.31. The van der Waals surface area contributed by atoms with Gasteiger partial charge >= 0.3 is 0 Å². The monoisotopic (exact) mass is 402 g/mol. The second-order valence-corrected chi connectivity index (χ2v) is 8.66. The molecule has 2 aromatic carbocycles. The standard InChI is InChI=1S/C21H20Cl2N2O2/c1-21(2)9-14-17(16(27)10-21)19(11-5-3-6-12(22)18(11)23)24-13-7-4-8-15(26)20(13)25-14/h3-8,19,24-26H,9-10H2,1-2H3. The Morgan fingerprint density at radius 2 is 1.85 bits per heavy atom. The van der Waals surface area contributed by atoms with Crippen LogP contribution in [0.5, 0.6) is 5.75 Å². The summed E-state index contributed by atoms with van der Waals surface area (Å²) in [7, 11) is 0. The summed E-state index contributed by atoms with van der Waals surface area (Å²) in [5.74, 6) is 0.190. The van der Waals surface area contributed by atoms with Crippen molar-refractivity contribution >= 4 is 40.4 Å². The SMILES string of the molecule is CC1(C)CC(=O)C2=C(C1)Nc1c(O)cccc1NC2c1cccc(Cl)c1Cl. The summed E-state index contributed by atoms with van der Waals surface area (Å²) in [6.45, 7) is 4.14. The number of benzene rings is 2. The van der Waals surface area contributed by atoms with Gasteiger partial charge in [-0.2, -0.15) is 0 Å². The van der Waals surface area contributed by atoms with E-state index in [1.165, 1.54) is 0 Å². The predicted octanol–water partition coefficient (Wildman–Crippen LogP) is 5.92. The Hall–Kier alpha value is -2.17. The van der Waals surface area contributed by atoms with Crippen molar-refractivity contribution in [2.75, 3.05) is 10.6 Å². The van der Waals surface area contributed by atoms with Crippen LogP contribution in [0.15, 0.2) is 47.7 Å². The van der Waals surface area contributed by atoms with Gasteiger partial charge in [0.2, 0.25) is 0 Å². The van der Waals surface area contributed by atoms with Gasteiger partial charge in [0.1, 0.15) is 11.4 Å². The Balaban J connectivity index is 1.95. The highest BCUT2D eigenvalue weighted by Gasteiger charge is 2.39. The molecule has 0 aromatic heterocycles. The van der Waals surface area contributed by atoms with E-state index in [4.69, 9.17) is 23.2 Å². The maximum absolute atomic E-state index is 13.1. The molecule has 4 nitrogen and oxygen atoms in total. The molecule has 0 spiro atoms. The van der Waals surface area contributed by atoms with E-state index in [9.17, 15) is 9.90 Å². The van der Waals surface area contributed by atoms with Crippen LogP contribution in [0.3, 0.4) is 0 Å². The quantitative estimate of drug-likeness (QED) is 0.517. The van der Waals surface area contributed by atoms with Crippen LogP contribution >= 0.6 is 23.2 Å². The maximum Gasteiger partial charge on any atom is 0.163 e. The normalized spacial score (nSPS) is 20.9. The Morgan fingerprint density at radius 1 is 1.11 bits per heavy atom. The van der Waals surface area contributed by atoms with Gasteiger partial charge in [-0.05, 0) is 35.6 Å². The number of carbonyl (C=O) groups is 1. The largest absolute Gasteiger partial charge is 0.506 e. The van der Waals surface area contributed by atoms with Crippen molar-refractivity contribution in [1.29, 1.82) is 0 Å². The first-order valence-electron chi connectivity index (χ1n) is 8.82. The molecule has 0 radical (unpaired) electrons. The summed E-state index contributed by atoms with van der Waals surface area (Å²) in [4.78, 5) is 13.1. The molecule has 3 N–H and O–H groups in total. The molecule has 1 heterocycles. The summed E-state index contributed by atoms with van der Waals surface area (Å²) in [6.07, 6.45) is 1.14. The number of halogens is 2. The van der Waals surface area contributed by atoms with Crippen LogP contribution in [0.25, 0.3) is 0 Å². The molecule has 2 aromatic rings. The van der Waals surface area contributed by atoms with E-state index in [-0.39, 0.29) is 16.9 Å². The highest BCUT2D eigenvalue weighted by molar-refractivity contribution is 6.42. The number of rotatable bonds is 1. The fourth-order valence-corrected chi connectivity index (χ4v) is 4.35. The van der Waals surface area contributed by atoms with E-state index in [0.717, 1.165) is 11.3 Å². The lowest BCUT2D eigenvalue weighted by atomic mass is 9.73. The number of phenolic OH excluding ortho intramolecular Hbond substituents is 1. The van der Waals surface area contributed by atoms with Crippen molar-refractivity contribution < 1.29 is 9.90 Å². The van der Waals surface area contributed by atoms with Crippen LogP contribution < -0.4 is 10.6 Å². The first kappa shape index (κ1) is 18.2. The van der Waals surface area contributed by atoms with E-state index >= 15 is 0 Å². The molecule has 1 aliphatic heterocycles. The van der Waals surface area contributed by atoms with E-state index < -0.39 is 6.04 Å². The number of para-hydroxylation sites is 1. The molecule has 2 aliphatic rings. The van der Waals surface area contributed by atoms with Crippen molar-refractivity contribution in [3.8, 4) is 5.75 Å². The molecular weight excluding hydrogens is 383 g/mol. The van der Waals surface area contributed by atoms with Gasteiger partial charge in [0, 0.05) is 17.7 Å². The van der Waals surface area contributed by atoms with Crippen LogP contribution in [0, 0.1) is 5.41 Å².